The number of halogens is 1. The van der Waals surface area contributed by atoms with Gasteiger partial charge in [0.25, 0.3) is 0 Å². The predicted octanol–water partition coefficient (Wildman–Crippen LogP) is 6.04. The first-order chi connectivity index (χ1) is 15.2. The summed E-state index contributed by atoms with van der Waals surface area (Å²) in [7, 11) is 1.68. The van der Waals surface area contributed by atoms with Gasteiger partial charge in [0.2, 0.25) is 0 Å². The number of fused-ring (bicyclic) bond motifs is 1. The van der Waals surface area contributed by atoms with Crippen molar-refractivity contribution in [2.75, 3.05) is 20.2 Å². The molecule has 0 spiro atoms. The highest BCUT2D eigenvalue weighted by atomic mass is 32.2. The molecule has 158 valence electrons. The van der Waals surface area contributed by atoms with Crippen LogP contribution in [0, 0.1) is 5.82 Å². The van der Waals surface area contributed by atoms with Gasteiger partial charge in [0, 0.05) is 35.7 Å². The molecule has 31 heavy (non-hydrogen) atoms. The summed E-state index contributed by atoms with van der Waals surface area (Å²) in [6.45, 7) is 1.87. The van der Waals surface area contributed by atoms with Crippen molar-refractivity contribution in [3.8, 4) is 17.0 Å². The first kappa shape index (κ1) is 20.1. The third-order valence-electron chi connectivity index (χ3n) is 5.70. The Labute approximate surface area is 185 Å². The summed E-state index contributed by atoms with van der Waals surface area (Å²) < 4.78 is 23.6. The molecule has 1 aliphatic rings. The smallest absolute Gasteiger partial charge is 0.124 e. The highest BCUT2D eigenvalue weighted by Gasteiger charge is 2.27. The topological polar surface area (TPSA) is 29.8 Å². The van der Waals surface area contributed by atoms with E-state index in [9.17, 15) is 4.39 Å². The molecule has 0 bridgehead atoms. The van der Waals surface area contributed by atoms with Gasteiger partial charge in [-0.1, -0.05) is 24.3 Å². The predicted molar refractivity (Wildman–Crippen MR) is 123 cm³/mol. The number of nitrogens with zero attached hydrogens (tertiary/aromatic N) is 3. The Morgan fingerprint density at radius 1 is 1.06 bits per heavy atom. The fraction of sp³-hybridized carbons (Fsp3) is 0.240. The highest BCUT2D eigenvalue weighted by Crippen LogP contribution is 2.36. The van der Waals surface area contributed by atoms with Gasteiger partial charge >= 0.3 is 0 Å². The van der Waals surface area contributed by atoms with E-state index in [1.54, 1.807) is 31.2 Å². The standard InChI is InChI=1S/C25H24FN3OS/c1-30-21-10-4-7-18(15-21)24-23-12-2-3-14-29(23)25(27-24)19-8-6-13-28(17-19)31-22-11-5-9-20(26)16-22/h2-5,7,9-12,14-16,19H,6,8,13,17H2,1H3. The van der Waals surface area contributed by atoms with Crippen LogP contribution in [0.25, 0.3) is 16.8 Å². The number of hydrogen-bond acceptors (Lipinski definition) is 4. The van der Waals surface area contributed by atoms with Crippen LogP contribution in [0.5, 0.6) is 5.75 Å². The molecule has 1 unspecified atom stereocenters. The van der Waals surface area contributed by atoms with Crippen LogP contribution in [0.1, 0.15) is 24.6 Å². The van der Waals surface area contributed by atoms with Gasteiger partial charge in [-0.2, -0.15) is 0 Å². The molecule has 4 aromatic rings. The lowest BCUT2D eigenvalue weighted by Crippen LogP contribution is -2.30. The van der Waals surface area contributed by atoms with Crippen molar-refractivity contribution < 1.29 is 9.13 Å². The minimum absolute atomic E-state index is 0.194. The first-order valence-corrected chi connectivity index (χ1v) is 11.3. The number of aromatic nitrogens is 2. The van der Waals surface area contributed by atoms with E-state index in [2.05, 4.69) is 39.2 Å². The zero-order chi connectivity index (χ0) is 21.2. The maximum atomic E-state index is 13.6. The Bertz CT molecular complexity index is 1210. The van der Waals surface area contributed by atoms with Crippen LogP contribution in [-0.4, -0.2) is 33.9 Å². The molecule has 0 amide bonds. The number of methoxy groups -OCH3 is 1. The summed E-state index contributed by atoms with van der Waals surface area (Å²) in [5, 5.41) is 0. The monoisotopic (exact) mass is 433 g/mol. The molecule has 1 atom stereocenters. The molecule has 0 N–H and O–H groups in total. The molecular formula is C25H24FN3OS. The second-order valence-corrected chi connectivity index (χ2v) is 8.95. The van der Waals surface area contributed by atoms with Crippen molar-refractivity contribution in [3.05, 3.63) is 84.6 Å². The van der Waals surface area contributed by atoms with Crippen LogP contribution < -0.4 is 4.74 Å². The van der Waals surface area contributed by atoms with Gasteiger partial charge < -0.3 is 9.14 Å². The Morgan fingerprint density at radius 3 is 2.84 bits per heavy atom. The van der Waals surface area contributed by atoms with Gasteiger partial charge in [-0.25, -0.2) is 13.7 Å². The fourth-order valence-corrected chi connectivity index (χ4v) is 5.32. The molecule has 2 aromatic heterocycles. The molecule has 3 heterocycles. The Kier molecular flexibility index (Phi) is 5.66. The Morgan fingerprint density at radius 2 is 1.97 bits per heavy atom. The van der Waals surface area contributed by atoms with Gasteiger partial charge in [-0.3, -0.25) is 0 Å². The average molecular weight is 434 g/mol. The van der Waals surface area contributed by atoms with Gasteiger partial charge in [0.15, 0.2) is 0 Å². The van der Waals surface area contributed by atoms with E-state index < -0.39 is 0 Å². The van der Waals surface area contributed by atoms with Gasteiger partial charge in [0.05, 0.1) is 18.3 Å². The minimum atomic E-state index is -0.194. The van der Waals surface area contributed by atoms with E-state index in [0.717, 1.165) is 59.2 Å². The van der Waals surface area contributed by atoms with E-state index in [0.29, 0.717) is 5.92 Å². The summed E-state index contributed by atoms with van der Waals surface area (Å²) in [6, 6.07) is 21.1. The molecule has 0 radical (unpaired) electrons. The van der Waals surface area contributed by atoms with E-state index in [-0.39, 0.29) is 5.82 Å². The maximum Gasteiger partial charge on any atom is 0.124 e. The minimum Gasteiger partial charge on any atom is -0.497 e. The molecule has 1 saturated heterocycles. The molecular weight excluding hydrogens is 409 g/mol. The number of piperidine rings is 1. The number of benzene rings is 2. The molecule has 1 aliphatic heterocycles. The van der Waals surface area contributed by atoms with Crippen molar-refractivity contribution in [1.82, 2.24) is 13.7 Å². The Hall–Kier alpha value is -2.83. The van der Waals surface area contributed by atoms with E-state index in [1.807, 2.05) is 24.3 Å². The zero-order valence-electron chi connectivity index (χ0n) is 17.4. The number of ether oxygens (including phenoxy) is 1. The normalized spacial score (nSPS) is 17.2. The Balaban J connectivity index is 1.47. The lowest BCUT2D eigenvalue weighted by Gasteiger charge is -2.31. The van der Waals surface area contributed by atoms with Crippen molar-refractivity contribution in [2.45, 2.75) is 23.7 Å². The lowest BCUT2D eigenvalue weighted by atomic mass is 9.99. The second-order valence-electron chi connectivity index (χ2n) is 7.78. The molecule has 1 fully saturated rings. The van der Waals surface area contributed by atoms with Gasteiger partial charge in [-0.05, 0) is 67.3 Å². The van der Waals surface area contributed by atoms with Gasteiger partial charge in [0.1, 0.15) is 17.4 Å². The fourth-order valence-electron chi connectivity index (χ4n) is 4.24. The summed E-state index contributed by atoms with van der Waals surface area (Å²) in [5.41, 5.74) is 3.13. The lowest BCUT2D eigenvalue weighted by molar-refractivity contribution is 0.334. The molecule has 6 heteroatoms. The maximum absolute atomic E-state index is 13.6. The third kappa shape index (κ3) is 4.18. The molecule has 0 aliphatic carbocycles. The van der Waals surface area contributed by atoms with Crippen molar-refractivity contribution in [3.63, 3.8) is 0 Å². The van der Waals surface area contributed by atoms with Crippen LogP contribution in [0.4, 0.5) is 4.39 Å². The SMILES string of the molecule is COc1cccc(-c2nc(C3CCCN(Sc4cccc(F)c4)C3)n3ccccc23)c1. The summed E-state index contributed by atoms with van der Waals surface area (Å²) in [5.74, 6) is 2.02. The van der Waals surface area contributed by atoms with Crippen molar-refractivity contribution >= 4 is 17.5 Å². The first-order valence-electron chi connectivity index (χ1n) is 10.5. The molecule has 5 rings (SSSR count). The van der Waals surface area contributed by atoms with Gasteiger partial charge in [-0.15, -0.1) is 0 Å². The molecule has 4 nitrogen and oxygen atoms in total. The molecule has 0 saturated carbocycles. The van der Waals surface area contributed by atoms with Crippen LogP contribution in [0.2, 0.25) is 0 Å². The van der Waals surface area contributed by atoms with Crippen molar-refractivity contribution in [1.29, 1.82) is 0 Å². The summed E-state index contributed by atoms with van der Waals surface area (Å²) in [6.07, 6.45) is 4.27. The number of pyridine rings is 1. The van der Waals surface area contributed by atoms with Crippen LogP contribution in [0.3, 0.4) is 0 Å². The van der Waals surface area contributed by atoms with E-state index >= 15 is 0 Å². The number of rotatable bonds is 5. The second kappa shape index (κ2) is 8.73. The number of hydrogen-bond donors (Lipinski definition) is 0. The quantitative estimate of drug-likeness (QED) is 0.359. The zero-order valence-corrected chi connectivity index (χ0v) is 18.2. The highest BCUT2D eigenvalue weighted by molar-refractivity contribution is 7.97. The van der Waals surface area contributed by atoms with Crippen LogP contribution in [0.15, 0.2) is 77.8 Å². The number of imidazole rings is 1. The summed E-state index contributed by atoms with van der Waals surface area (Å²) >= 11 is 1.63. The van der Waals surface area contributed by atoms with E-state index in [1.165, 1.54) is 6.07 Å². The van der Waals surface area contributed by atoms with Crippen LogP contribution in [-0.2, 0) is 0 Å². The average Bonchev–Trinajstić information content (AvgIpc) is 3.19. The van der Waals surface area contributed by atoms with E-state index in [4.69, 9.17) is 9.72 Å². The third-order valence-corrected chi connectivity index (χ3v) is 6.75. The summed E-state index contributed by atoms with van der Waals surface area (Å²) in [4.78, 5) is 6.06. The van der Waals surface area contributed by atoms with Crippen molar-refractivity contribution in [2.24, 2.45) is 0 Å². The largest absolute Gasteiger partial charge is 0.497 e. The van der Waals surface area contributed by atoms with Crippen LogP contribution >= 0.6 is 11.9 Å². The molecule has 2 aromatic carbocycles.